The summed E-state index contributed by atoms with van der Waals surface area (Å²) in [6.07, 6.45) is -0.416. The number of alkyl carbamates (subject to hydrolysis) is 1. The monoisotopic (exact) mass is 355 g/mol. The molecule has 1 aliphatic rings. The second-order valence-electron chi connectivity index (χ2n) is 6.06. The van der Waals surface area contributed by atoms with Gasteiger partial charge in [0.25, 0.3) is 0 Å². The summed E-state index contributed by atoms with van der Waals surface area (Å²) in [5, 5.41) is 2.72. The second-order valence-corrected chi connectivity index (χ2v) is 6.06. The van der Waals surface area contributed by atoms with E-state index in [1.165, 1.54) is 22.3 Å². The minimum atomic E-state index is -0.416. The fraction of sp³-hybridized carbons (Fsp3) is 0.381. The maximum absolute atomic E-state index is 11.9. The molecular formula is C21H25NO4. The van der Waals surface area contributed by atoms with E-state index in [2.05, 4.69) is 29.6 Å². The lowest BCUT2D eigenvalue weighted by molar-refractivity contribution is 0.0533. The van der Waals surface area contributed by atoms with Crippen molar-refractivity contribution in [2.24, 2.45) is 0 Å². The van der Waals surface area contributed by atoms with Gasteiger partial charge >= 0.3 is 6.09 Å². The van der Waals surface area contributed by atoms with Gasteiger partial charge < -0.3 is 19.5 Å². The van der Waals surface area contributed by atoms with E-state index < -0.39 is 6.09 Å². The third-order valence-electron chi connectivity index (χ3n) is 4.44. The Labute approximate surface area is 154 Å². The Hall–Kier alpha value is -2.37. The van der Waals surface area contributed by atoms with Crippen molar-refractivity contribution in [3.63, 3.8) is 0 Å². The molecule has 0 unspecified atom stereocenters. The molecule has 0 bridgehead atoms. The Morgan fingerprint density at radius 1 is 0.923 bits per heavy atom. The molecule has 0 spiro atoms. The first-order valence-electron chi connectivity index (χ1n) is 9.05. The number of hydrogen-bond acceptors (Lipinski definition) is 4. The van der Waals surface area contributed by atoms with Crippen molar-refractivity contribution in [1.82, 2.24) is 5.32 Å². The van der Waals surface area contributed by atoms with Crippen molar-refractivity contribution in [1.29, 1.82) is 0 Å². The number of fused-ring (bicyclic) bond motifs is 3. The van der Waals surface area contributed by atoms with Crippen molar-refractivity contribution >= 4 is 6.09 Å². The smallest absolute Gasteiger partial charge is 0.407 e. The molecule has 3 rings (SSSR count). The van der Waals surface area contributed by atoms with E-state index in [1.807, 2.05) is 31.2 Å². The summed E-state index contributed by atoms with van der Waals surface area (Å²) in [6.45, 7) is 4.91. The molecule has 0 atom stereocenters. The van der Waals surface area contributed by atoms with Crippen molar-refractivity contribution in [2.75, 3.05) is 39.6 Å². The van der Waals surface area contributed by atoms with Crippen LogP contribution in [0.1, 0.15) is 24.0 Å². The SMILES string of the molecule is CCOCCOCCNC(=O)OCC1c2ccccc2-c2ccccc21. The van der Waals surface area contributed by atoms with Crippen LogP contribution < -0.4 is 5.32 Å². The molecule has 0 aliphatic heterocycles. The number of carbonyl (C=O) groups excluding carboxylic acids is 1. The Balaban J connectivity index is 1.47. The van der Waals surface area contributed by atoms with Crippen LogP contribution in [0.25, 0.3) is 11.1 Å². The Morgan fingerprint density at radius 3 is 2.19 bits per heavy atom. The van der Waals surface area contributed by atoms with Crippen LogP contribution in [0.5, 0.6) is 0 Å². The number of hydrogen-bond donors (Lipinski definition) is 1. The zero-order chi connectivity index (χ0) is 18.2. The fourth-order valence-corrected chi connectivity index (χ4v) is 3.24. The summed E-state index contributed by atoms with van der Waals surface area (Å²) in [7, 11) is 0. The predicted octanol–water partition coefficient (Wildman–Crippen LogP) is 3.58. The topological polar surface area (TPSA) is 56.8 Å². The lowest BCUT2D eigenvalue weighted by Gasteiger charge is -2.14. The number of amides is 1. The van der Waals surface area contributed by atoms with Gasteiger partial charge in [-0.15, -0.1) is 0 Å². The molecule has 0 aromatic heterocycles. The summed E-state index contributed by atoms with van der Waals surface area (Å²) in [4.78, 5) is 11.9. The largest absolute Gasteiger partial charge is 0.449 e. The molecule has 1 aliphatic carbocycles. The summed E-state index contributed by atoms with van der Waals surface area (Å²) in [5.41, 5.74) is 4.86. The van der Waals surface area contributed by atoms with Gasteiger partial charge in [0.1, 0.15) is 6.61 Å². The van der Waals surface area contributed by atoms with Crippen molar-refractivity contribution in [3.8, 4) is 11.1 Å². The maximum atomic E-state index is 11.9. The molecule has 1 amide bonds. The molecule has 0 radical (unpaired) electrons. The number of rotatable bonds is 9. The molecule has 5 heteroatoms. The van der Waals surface area contributed by atoms with Crippen molar-refractivity contribution in [3.05, 3.63) is 59.7 Å². The van der Waals surface area contributed by atoms with Gasteiger partial charge in [-0.25, -0.2) is 4.79 Å². The van der Waals surface area contributed by atoms with E-state index in [-0.39, 0.29) is 5.92 Å². The minimum absolute atomic E-state index is 0.0793. The van der Waals surface area contributed by atoms with Gasteiger partial charge in [-0.1, -0.05) is 48.5 Å². The Morgan fingerprint density at radius 2 is 1.54 bits per heavy atom. The zero-order valence-electron chi connectivity index (χ0n) is 15.1. The van der Waals surface area contributed by atoms with Gasteiger partial charge in [0.2, 0.25) is 0 Å². The molecule has 0 fully saturated rings. The molecule has 138 valence electrons. The first-order valence-corrected chi connectivity index (χ1v) is 9.05. The van der Waals surface area contributed by atoms with Crippen LogP contribution in [0.3, 0.4) is 0 Å². The maximum Gasteiger partial charge on any atom is 0.407 e. The molecule has 5 nitrogen and oxygen atoms in total. The van der Waals surface area contributed by atoms with E-state index in [4.69, 9.17) is 14.2 Å². The highest BCUT2D eigenvalue weighted by atomic mass is 16.5. The van der Waals surface area contributed by atoms with Crippen LogP contribution in [0.4, 0.5) is 4.79 Å². The third-order valence-corrected chi connectivity index (χ3v) is 4.44. The number of nitrogens with one attached hydrogen (secondary N) is 1. The Bertz CT molecular complexity index is 686. The highest BCUT2D eigenvalue weighted by Gasteiger charge is 2.28. The van der Waals surface area contributed by atoms with E-state index >= 15 is 0 Å². The van der Waals surface area contributed by atoms with Gasteiger partial charge in [-0.3, -0.25) is 0 Å². The van der Waals surface area contributed by atoms with Crippen LogP contribution in [-0.4, -0.2) is 45.7 Å². The molecule has 2 aromatic carbocycles. The molecule has 26 heavy (non-hydrogen) atoms. The highest BCUT2D eigenvalue weighted by molar-refractivity contribution is 5.79. The molecule has 0 saturated heterocycles. The van der Waals surface area contributed by atoms with Crippen LogP contribution in [0.15, 0.2) is 48.5 Å². The van der Waals surface area contributed by atoms with Crippen LogP contribution in [-0.2, 0) is 14.2 Å². The minimum Gasteiger partial charge on any atom is -0.449 e. The van der Waals surface area contributed by atoms with Crippen LogP contribution >= 0.6 is 0 Å². The van der Waals surface area contributed by atoms with E-state index in [0.29, 0.717) is 39.6 Å². The first kappa shape index (κ1) is 18.4. The van der Waals surface area contributed by atoms with Crippen molar-refractivity contribution < 1.29 is 19.0 Å². The standard InChI is InChI=1S/C21H25NO4/c1-2-24-13-14-25-12-11-22-21(23)26-15-20-18-9-5-3-7-16(18)17-8-4-6-10-19(17)20/h3-10,20H,2,11-15H2,1H3,(H,22,23). The van der Waals surface area contributed by atoms with E-state index in [9.17, 15) is 4.79 Å². The highest BCUT2D eigenvalue weighted by Crippen LogP contribution is 2.44. The summed E-state index contributed by atoms with van der Waals surface area (Å²) in [5.74, 6) is 0.0793. The van der Waals surface area contributed by atoms with Crippen LogP contribution in [0, 0.1) is 0 Å². The van der Waals surface area contributed by atoms with Gasteiger partial charge in [0.05, 0.1) is 19.8 Å². The van der Waals surface area contributed by atoms with E-state index in [1.54, 1.807) is 0 Å². The zero-order valence-corrected chi connectivity index (χ0v) is 15.1. The number of carbonyl (C=O) groups is 1. The number of benzene rings is 2. The van der Waals surface area contributed by atoms with Crippen LogP contribution in [0.2, 0.25) is 0 Å². The quantitative estimate of drug-likeness (QED) is 0.699. The molecular weight excluding hydrogens is 330 g/mol. The van der Waals surface area contributed by atoms with Crippen molar-refractivity contribution in [2.45, 2.75) is 12.8 Å². The summed E-state index contributed by atoms with van der Waals surface area (Å²) >= 11 is 0. The average Bonchev–Trinajstić information content (AvgIpc) is 3.00. The molecule has 0 saturated carbocycles. The lowest BCUT2D eigenvalue weighted by Crippen LogP contribution is -2.29. The molecule has 2 aromatic rings. The van der Waals surface area contributed by atoms with Gasteiger partial charge in [-0.05, 0) is 29.2 Å². The average molecular weight is 355 g/mol. The Kier molecular flexibility index (Phi) is 6.63. The normalized spacial score (nSPS) is 12.5. The summed E-state index contributed by atoms with van der Waals surface area (Å²) in [6, 6.07) is 16.6. The lowest BCUT2D eigenvalue weighted by atomic mass is 9.98. The predicted molar refractivity (Wildman–Crippen MR) is 100 cm³/mol. The number of ether oxygens (including phenoxy) is 3. The molecule has 1 N–H and O–H groups in total. The van der Waals surface area contributed by atoms with E-state index in [0.717, 1.165) is 0 Å². The first-order chi connectivity index (χ1) is 12.8. The van der Waals surface area contributed by atoms with Gasteiger partial charge in [0, 0.05) is 19.1 Å². The van der Waals surface area contributed by atoms with Gasteiger partial charge in [0.15, 0.2) is 0 Å². The van der Waals surface area contributed by atoms with Gasteiger partial charge in [-0.2, -0.15) is 0 Å². The summed E-state index contributed by atoms with van der Waals surface area (Å²) < 4.78 is 16.0. The molecule has 0 heterocycles. The fourth-order valence-electron chi connectivity index (χ4n) is 3.24. The third kappa shape index (κ3) is 4.42. The second kappa shape index (κ2) is 9.36.